The lowest BCUT2D eigenvalue weighted by Gasteiger charge is -2.34. The number of quaternary nitrogens is 1. The van der Waals surface area contributed by atoms with Crippen molar-refractivity contribution in [2.45, 2.75) is 66.3 Å². The number of hydrogen-bond acceptors (Lipinski definition) is 7. The molecule has 1 aliphatic heterocycles. The van der Waals surface area contributed by atoms with Gasteiger partial charge in [0.2, 0.25) is 16.3 Å². The number of likely N-dealkylation sites (N-methyl/N-ethyl adjacent to an activating group) is 1. The fraction of sp³-hybridized carbons (Fsp3) is 0.900. The van der Waals surface area contributed by atoms with Gasteiger partial charge in [0.25, 0.3) is 0 Å². The lowest BCUT2D eigenvalue weighted by molar-refractivity contribution is -0.888. The van der Waals surface area contributed by atoms with Crippen LogP contribution in [0, 0.1) is 5.41 Å². The second-order valence-corrected chi connectivity index (χ2v) is 9.64. The summed E-state index contributed by atoms with van der Waals surface area (Å²) in [6, 6.07) is 0.0883. The first-order valence-corrected chi connectivity index (χ1v) is 11.9. The van der Waals surface area contributed by atoms with Crippen LogP contribution in [0.15, 0.2) is 0 Å². The third kappa shape index (κ3) is 10.7. The zero-order valence-corrected chi connectivity index (χ0v) is 20.4. The summed E-state index contributed by atoms with van der Waals surface area (Å²) in [5, 5.41) is 0. The summed E-state index contributed by atoms with van der Waals surface area (Å²) in [6.07, 6.45) is 2.96. The fourth-order valence-corrected chi connectivity index (χ4v) is 3.42. The molecule has 1 rings (SSSR count). The van der Waals surface area contributed by atoms with E-state index in [2.05, 4.69) is 25.2 Å². The van der Waals surface area contributed by atoms with Gasteiger partial charge in [-0.15, -0.1) is 0 Å². The number of likely N-dealkylation sites (tertiary alicyclic amines) is 1. The van der Waals surface area contributed by atoms with E-state index in [4.69, 9.17) is 4.74 Å². The van der Waals surface area contributed by atoms with Crippen molar-refractivity contribution in [3.63, 3.8) is 0 Å². The molecule has 0 aliphatic carbocycles. The number of carbonyl (C=O) groups is 2. The molecule has 178 valence electrons. The van der Waals surface area contributed by atoms with Crippen molar-refractivity contribution in [1.82, 2.24) is 4.90 Å². The van der Waals surface area contributed by atoms with E-state index in [1.54, 1.807) is 0 Å². The van der Waals surface area contributed by atoms with Crippen molar-refractivity contribution >= 4 is 22.3 Å². The average Bonchev–Trinajstić information content (AvgIpc) is 3.07. The highest BCUT2D eigenvalue weighted by atomic mass is 32.3. The number of rotatable bonds is 11. The molecule has 2 atom stereocenters. The standard InChI is InChI=1S/C18H35N2O3.C2H6O4S/c1-7-18(4,14-15(3)19-11-9-10-16(19)21)17(22)23-13-12-20(5,6)8-2;1-2-6-7(3,4)5/h15H,7-14H2,1-6H3;2H2,1H3,(H,3,4,5)/q+1;/p-1. The zero-order chi connectivity index (χ0) is 23.6. The Morgan fingerprint density at radius 3 is 2.27 bits per heavy atom. The van der Waals surface area contributed by atoms with E-state index in [-0.39, 0.29) is 24.5 Å². The van der Waals surface area contributed by atoms with Crippen LogP contribution in [0.4, 0.5) is 0 Å². The molecule has 1 amide bonds. The maximum atomic E-state index is 12.6. The molecule has 1 fully saturated rings. The quantitative estimate of drug-likeness (QED) is 0.204. The molecule has 0 bridgehead atoms. The molecule has 0 aromatic carbocycles. The highest BCUT2D eigenvalue weighted by Crippen LogP contribution is 2.32. The summed E-state index contributed by atoms with van der Waals surface area (Å²) in [5.41, 5.74) is -0.522. The maximum absolute atomic E-state index is 12.6. The van der Waals surface area contributed by atoms with E-state index >= 15 is 0 Å². The van der Waals surface area contributed by atoms with Crippen LogP contribution in [0.25, 0.3) is 0 Å². The highest BCUT2D eigenvalue weighted by molar-refractivity contribution is 7.80. The molecule has 1 saturated heterocycles. The summed E-state index contributed by atoms with van der Waals surface area (Å²) in [6.45, 7) is 12.6. The Balaban J connectivity index is 0.00000103. The van der Waals surface area contributed by atoms with Crippen LogP contribution >= 0.6 is 0 Å². The molecule has 10 heteroatoms. The van der Waals surface area contributed by atoms with Crippen molar-refractivity contribution in [3.8, 4) is 0 Å². The molecule has 9 nitrogen and oxygen atoms in total. The second-order valence-electron chi connectivity index (χ2n) is 8.58. The number of nitrogens with zero attached hydrogens (tertiary/aromatic N) is 2. The minimum Gasteiger partial charge on any atom is -0.726 e. The monoisotopic (exact) mass is 452 g/mol. The largest absolute Gasteiger partial charge is 0.726 e. The maximum Gasteiger partial charge on any atom is 0.312 e. The Morgan fingerprint density at radius 2 is 1.90 bits per heavy atom. The fourth-order valence-electron chi connectivity index (χ4n) is 3.13. The number of hydrogen-bond donors (Lipinski definition) is 0. The summed E-state index contributed by atoms with van der Waals surface area (Å²) in [4.78, 5) is 26.4. The van der Waals surface area contributed by atoms with Crippen LogP contribution in [0.1, 0.15) is 60.3 Å². The smallest absolute Gasteiger partial charge is 0.312 e. The summed E-state index contributed by atoms with van der Waals surface area (Å²) in [5.74, 6) is 0.0842. The van der Waals surface area contributed by atoms with Crippen molar-refractivity contribution in [1.29, 1.82) is 0 Å². The highest BCUT2D eigenvalue weighted by Gasteiger charge is 2.38. The molecule has 0 aromatic heterocycles. The molecular weight excluding hydrogens is 412 g/mol. The van der Waals surface area contributed by atoms with Crippen molar-refractivity contribution < 1.29 is 36.0 Å². The first kappa shape index (κ1) is 28.8. The van der Waals surface area contributed by atoms with Crippen molar-refractivity contribution in [3.05, 3.63) is 0 Å². The summed E-state index contributed by atoms with van der Waals surface area (Å²) < 4.78 is 38.4. The van der Waals surface area contributed by atoms with Gasteiger partial charge in [0.05, 0.1) is 32.7 Å². The molecule has 1 aliphatic rings. The Kier molecular flexibility index (Phi) is 12.1. The van der Waals surface area contributed by atoms with E-state index in [1.165, 1.54) is 6.92 Å². The van der Waals surface area contributed by atoms with Gasteiger partial charge in [0, 0.05) is 19.0 Å². The van der Waals surface area contributed by atoms with Crippen LogP contribution < -0.4 is 0 Å². The third-order valence-electron chi connectivity index (χ3n) is 5.71. The first-order chi connectivity index (χ1) is 13.7. The van der Waals surface area contributed by atoms with Gasteiger partial charge in [0.1, 0.15) is 13.2 Å². The van der Waals surface area contributed by atoms with Gasteiger partial charge in [-0.1, -0.05) is 6.92 Å². The van der Waals surface area contributed by atoms with Crippen LogP contribution in [-0.4, -0.2) is 87.2 Å². The lowest BCUT2D eigenvalue weighted by Crippen LogP contribution is -2.44. The first-order valence-electron chi connectivity index (χ1n) is 10.6. The van der Waals surface area contributed by atoms with Gasteiger partial charge in [-0.2, -0.15) is 0 Å². The van der Waals surface area contributed by atoms with E-state index in [1.807, 2.05) is 25.7 Å². The van der Waals surface area contributed by atoms with Gasteiger partial charge in [-0.3, -0.25) is 13.8 Å². The Labute approximate surface area is 182 Å². The van der Waals surface area contributed by atoms with Crippen molar-refractivity contribution in [2.24, 2.45) is 5.41 Å². The number of ether oxygens (including phenoxy) is 1. The number of amides is 1. The molecule has 0 radical (unpaired) electrons. The Bertz CT molecular complexity index is 652. The SMILES string of the molecule is CCC(C)(CC(C)N1CCCC1=O)C(=O)OCC[N+](C)(C)CC.CCOS(=O)(=O)[O-]. The number of carbonyl (C=O) groups excluding carboxylic acids is 2. The summed E-state index contributed by atoms with van der Waals surface area (Å²) in [7, 11) is -0.158. The minimum atomic E-state index is -4.42. The molecule has 0 aromatic rings. The van der Waals surface area contributed by atoms with E-state index < -0.39 is 15.8 Å². The van der Waals surface area contributed by atoms with Gasteiger partial charge in [-0.05, 0) is 47.0 Å². The topological polar surface area (TPSA) is 113 Å². The average molecular weight is 453 g/mol. The molecular formula is C20H40N2O7S. The molecule has 2 unspecified atom stereocenters. The second kappa shape index (κ2) is 12.6. The van der Waals surface area contributed by atoms with Crippen LogP contribution in [0.3, 0.4) is 0 Å². The Morgan fingerprint density at radius 1 is 1.30 bits per heavy atom. The van der Waals surface area contributed by atoms with Gasteiger partial charge < -0.3 is 18.7 Å². The van der Waals surface area contributed by atoms with Gasteiger partial charge in [-0.25, -0.2) is 8.42 Å². The predicted molar refractivity (Wildman–Crippen MR) is 113 cm³/mol. The molecule has 0 spiro atoms. The van der Waals surface area contributed by atoms with E-state index in [0.717, 1.165) is 37.0 Å². The summed E-state index contributed by atoms with van der Waals surface area (Å²) >= 11 is 0. The van der Waals surface area contributed by atoms with Gasteiger partial charge >= 0.3 is 5.97 Å². The van der Waals surface area contributed by atoms with Crippen LogP contribution in [0.5, 0.6) is 0 Å². The molecule has 30 heavy (non-hydrogen) atoms. The molecule has 0 N–H and O–H groups in total. The van der Waals surface area contributed by atoms with Crippen LogP contribution in [0.2, 0.25) is 0 Å². The third-order valence-corrected chi connectivity index (χ3v) is 6.23. The lowest BCUT2D eigenvalue weighted by atomic mass is 9.81. The predicted octanol–water partition coefficient (Wildman–Crippen LogP) is 1.93. The van der Waals surface area contributed by atoms with E-state index in [0.29, 0.717) is 19.4 Å². The molecule has 0 saturated carbocycles. The molecule has 1 heterocycles. The zero-order valence-electron chi connectivity index (χ0n) is 19.6. The normalized spacial score (nSPS) is 17.7. The van der Waals surface area contributed by atoms with E-state index in [9.17, 15) is 22.6 Å². The number of esters is 1. The van der Waals surface area contributed by atoms with Gasteiger partial charge in [0.15, 0.2) is 0 Å². The van der Waals surface area contributed by atoms with Crippen molar-refractivity contribution in [2.75, 3.05) is 46.9 Å². The van der Waals surface area contributed by atoms with Crippen LogP contribution in [-0.2, 0) is 28.9 Å². The Hall–Kier alpha value is -1.23. The minimum absolute atomic E-state index is 0.0883.